The van der Waals surface area contributed by atoms with Crippen LogP contribution in [0, 0.1) is 6.92 Å². The van der Waals surface area contributed by atoms with Crippen LogP contribution < -0.4 is 5.32 Å². The van der Waals surface area contributed by atoms with Gasteiger partial charge < -0.3 is 5.32 Å². The molecule has 0 atom stereocenters. The predicted molar refractivity (Wildman–Crippen MR) is 92.8 cm³/mol. The molecule has 1 nitrogen and oxygen atoms in total. The van der Waals surface area contributed by atoms with E-state index in [9.17, 15) is 0 Å². The minimum absolute atomic E-state index is 0.693. The Morgan fingerprint density at radius 2 is 1.90 bits per heavy atom. The summed E-state index contributed by atoms with van der Waals surface area (Å²) in [6.07, 6.45) is 3.66. The lowest BCUT2D eigenvalue weighted by atomic mass is 9.76. The molecule has 0 bridgehead atoms. The highest BCUT2D eigenvalue weighted by atomic mass is 79.9. The van der Waals surface area contributed by atoms with Gasteiger partial charge in [-0.15, -0.1) is 0 Å². The number of benzene rings is 2. The number of hydrogen-bond donors (Lipinski definition) is 1. The third kappa shape index (κ3) is 3.96. The summed E-state index contributed by atoms with van der Waals surface area (Å²) in [5.74, 6) is 0.735. The maximum absolute atomic E-state index is 3.69. The van der Waals surface area contributed by atoms with E-state index in [0.29, 0.717) is 6.04 Å². The van der Waals surface area contributed by atoms with E-state index in [0.717, 1.165) is 18.9 Å². The van der Waals surface area contributed by atoms with Gasteiger partial charge in [-0.1, -0.05) is 57.9 Å². The quantitative estimate of drug-likeness (QED) is 0.819. The van der Waals surface area contributed by atoms with Crippen LogP contribution in [0.15, 0.2) is 53.0 Å². The van der Waals surface area contributed by atoms with Crippen molar-refractivity contribution in [1.29, 1.82) is 0 Å². The van der Waals surface area contributed by atoms with E-state index in [2.05, 4.69) is 76.7 Å². The minimum atomic E-state index is 0.693. The van der Waals surface area contributed by atoms with Gasteiger partial charge in [0.2, 0.25) is 0 Å². The van der Waals surface area contributed by atoms with E-state index in [1.165, 1.54) is 34.0 Å². The van der Waals surface area contributed by atoms with Crippen molar-refractivity contribution < 1.29 is 0 Å². The molecule has 1 saturated carbocycles. The van der Waals surface area contributed by atoms with Crippen molar-refractivity contribution in [2.45, 2.75) is 38.1 Å². The first kappa shape index (κ1) is 14.8. The second kappa shape index (κ2) is 6.76. The molecule has 0 aliphatic heterocycles. The van der Waals surface area contributed by atoms with E-state index >= 15 is 0 Å². The molecule has 2 aromatic carbocycles. The lowest BCUT2D eigenvalue weighted by Crippen LogP contribution is -2.40. The molecule has 2 aromatic rings. The van der Waals surface area contributed by atoms with Crippen LogP contribution >= 0.6 is 15.9 Å². The SMILES string of the molecule is Cc1cccc(CCNC2CC(c3cccc(Br)c3)C2)c1. The highest BCUT2D eigenvalue weighted by molar-refractivity contribution is 9.10. The van der Waals surface area contributed by atoms with Gasteiger partial charge >= 0.3 is 0 Å². The number of nitrogens with one attached hydrogen (secondary N) is 1. The molecule has 0 spiro atoms. The smallest absolute Gasteiger partial charge is 0.0178 e. The fourth-order valence-electron chi connectivity index (χ4n) is 3.11. The van der Waals surface area contributed by atoms with Crippen LogP contribution in [0.3, 0.4) is 0 Å². The third-order valence-corrected chi connectivity index (χ3v) is 4.88. The van der Waals surface area contributed by atoms with Gasteiger partial charge in [0.15, 0.2) is 0 Å². The largest absolute Gasteiger partial charge is 0.314 e. The summed E-state index contributed by atoms with van der Waals surface area (Å²) >= 11 is 3.56. The maximum Gasteiger partial charge on any atom is 0.0178 e. The van der Waals surface area contributed by atoms with Crippen molar-refractivity contribution >= 4 is 15.9 Å². The highest BCUT2D eigenvalue weighted by Gasteiger charge is 2.29. The molecular formula is C19H22BrN. The van der Waals surface area contributed by atoms with Crippen LogP contribution in [0.4, 0.5) is 0 Å². The number of rotatable bonds is 5. The van der Waals surface area contributed by atoms with Crippen LogP contribution in [-0.4, -0.2) is 12.6 Å². The first-order chi connectivity index (χ1) is 10.2. The molecule has 3 rings (SSSR count). The Morgan fingerprint density at radius 1 is 1.10 bits per heavy atom. The summed E-state index contributed by atoms with van der Waals surface area (Å²) < 4.78 is 1.19. The van der Waals surface area contributed by atoms with Gasteiger partial charge in [0.05, 0.1) is 0 Å². The average molecular weight is 344 g/mol. The number of aryl methyl sites for hydroxylation is 1. The lowest BCUT2D eigenvalue weighted by molar-refractivity contribution is 0.292. The standard InChI is InChI=1S/C19H22BrN/c1-14-4-2-5-15(10-14)8-9-21-19-12-17(13-19)16-6-3-7-18(20)11-16/h2-7,10-11,17,19,21H,8-9,12-13H2,1H3. The average Bonchev–Trinajstić information content (AvgIpc) is 2.41. The second-order valence-electron chi connectivity index (χ2n) is 6.11. The molecule has 0 amide bonds. The molecule has 0 saturated heterocycles. The Kier molecular flexibility index (Phi) is 4.77. The summed E-state index contributed by atoms with van der Waals surface area (Å²) in [4.78, 5) is 0. The Labute approximate surface area is 135 Å². The van der Waals surface area contributed by atoms with Gasteiger partial charge in [-0.05, 0) is 61.9 Å². The number of halogens is 1. The Morgan fingerprint density at radius 3 is 2.67 bits per heavy atom. The van der Waals surface area contributed by atoms with Crippen molar-refractivity contribution in [3.63, 3.8) is 0 Å². The molecule has 2 heteroatoms. The van der Waals surface area contributed by atoms with E-state index < -0.39 is 0 Å². The third-order valence-electron chi connectivity index (χ3n) is 4.39. The Hall–Kier alpha value is -1.12. The monoisotopic (exact) mass is 343 g/mol. The van der Waals surface area contributed by atoms with E-state index in [-0.39, 0.29) is 0 Å². The summed E-state index contributed by atoms with van der Waals surface area (Å²) in [7, 11) is 0. The van der Waals surface area contributed by atoms with Crippen molar-refractivity contribution in [3.05, 3.63) is 69.7 Å². The van der Waals surface area contributed by atoms with Gasteiger partial charge in [0.25, 0.3) is 0 Å². The highest BCUT2D eigenvalue weighted by Crippen LogP contribution is 2.37. The molecule has 0 aromatic heterocycles. The molecular weight excluding hydrogens is 322 g/mol. The van der Waals surface area contributed by atoms with Crippen molar-refractivity contribution in [2.24, 2.45) is 0 Å². The van der Waals surface area contributed by atoms with Crippen LogP contribution in [0.1, 0.15) is 35.4 Å². The molecule has 1 fully saturated rings. The molecule has 1 aliphatic rings. The maximum atomic E-state index is 3.69. The molecule has 0 radical (unpaired) electrons. The fraction of sp³-hybridized carbons (Fsp3) is 0.368. The fourth-order valence-corrected chi connectivity index (χ4v) is 3.52. The molecule has 21 heavy (non-hydrogen) atoms. The normalized spacial score (nSPS) is 21.0. The summed E-state index contributed by atoms with van der Waals surface area (Å²) in [5.41, 5.74) is 4.26. The molecule has 1 N–H and O–H groups in total. The zero-order chi connectivity index (χ0) is 14.7. The zero-order valence-electron chi connectivity index (χ0n) is 12.5. The van der Waals surface area contributed by atoms with Gasteiger partial charge in [-0.2, -0.15) is 0 Å². The summed E-state index contributed by atoms with van der Waals surface area (Å²) in [5, 5.41) is 3.69. The molecule has 110 valence electrons. The molecule has 0 unspecified atom stereocenters. The van der Waals surface area contributed by atoms with Crippen LogP contribution in [0.2, 0.25) is 0 Å². The predicted octanol–water partition coefficient (Wildman–Crippen LogP) is 4.84. The Balaban J connectivity index is 1.41. The van der Waals surface area contributed by atoms with Crippen LogP contribution in [0.25, 0.3) is 0 Å². The van der Waals surface area contributed by atoms with E-state index in [1.54, 1.807) is 0 Å². The first-order valence-corrected chi connectivity index (χ1v) is 8.54. The zero-order valence-corrected chi connectivity index (χ0v) is 14.1. The van der Waals surface area contributed by atoms with Gasteiger partial charge in [0.1, 0.15) is 0 Å². The van der Waals surface area contributed by atoms with Gasteiger partial charge in [-0.3, -0.25) is 0 Å². The van der Waals surface area contributed by atoms with Gasteiger partial charge in [0, 0.05) is 10.5 Å². The Bertz CT molecular complexity index is 602. The molecule has 0 heterocycles. The second-order valence-corrected chi connectivity index (χ2v) is 7.03. The van der Waals surface area contributed by atoms with Crippen molar-refractivity contribution in [2.75, 3.05) is 6.54 Å². The van der Waals surface area contributed by atoms with Crippen LogP contribution in [0.5, 0.6) is 0 Å². The number of hydrogen-bond acceptors (Lipinski definition) is 1. The molecule has 1 aliphatic carbocycles. The topological polar surface area (TPSA) is 12.0 Å². The van der Waals surface area contributed by atoms with E-state index in [1.807, 2.05) is 0 Å². The van der Waals surface area contributed by atoms with Crippen molar-refractivity contribution in [3.8, 4) is 0 Å². The summed E-state index contributed by atoms with van der Waals surface area (Å²) in [6.45, 7) is 3.24. The van der Waals surface area contributed by atoms with Crippen LogP contribution in [-0.2, 0) is 6.42 Å². The van der Waals surface area contributed by atoms with Crippen molar-refractivity contribution in [1.82, 2.24) is 5.32 Å². The van der Waals surface area contributed by atoms with E-state index in [4.69, 9.17) is 0 Å². The lowest BCUT2D eigenvalue weighted by Gasteiger charge is -2.36. The first-order valence-electron chi connectivity index (χ1n) is 7.75. The summed E-state index contributed by atoms with van der Waals surface area (Å²) in [6, 6.07) is 18.2. The van der Waals surface area contributed by atoms with Gasteiger partial charge in [-0.25, -0.2) is 0 Å². The minimum Gasteiger partial charge on any atom is -0.314 e.